The van der Waals surface area contributed by atoms with Gasteiger partial charge in [0.15, 0.2) is 0 Å². The van der Waals surface area contributed by atoms with Gasteiger partial charge in [-0.1, -0.05) is 43.6 Å². The molecule has 3 aromatic rings. The first kappa shape index (κ1) is 19.9. The van der Waals surface area contributed by atoms with Gasteiger partial charge in [-0.05, 0) is 30.2 Å². The van der Waals surface area contributed by atoms with Crippen molar-refractivity contribution in [3.63, 3.8) is 0 Å². The van der Waals surface area contributed by atoms with Gasteiger partial charge in [-0.3, -0.25) is 9.69 Å². The molecule has 6 heteroatoms. The molecule has 0 unspecified atom stereocenters. The monoisotopic (exact) mass is 410 g/mol. The van der Waals surface area contributed by atoms with Gasteiger partial charge >= 0.3 is 0 Å². The fraction of sp³-hybridized carbons (Fsp3) is 0.391. The van der Waals surface area contributed by atoms with Gasteiger partial charge in [0.1, 0.15) is 5.65 Å². The van der Waals surface area contributed by atoms with Crippen molar-refractivity contribution < 1.29 is 4.79 Å². The molecule has 1 aliphatic heterocycles. The van der Waals surface area contributed by atoms with Crippen molar-refractivity contribution in [2.45, 2.75) is 26.8 Å². The normalized spacial score (nSPS) is 15.4. The zero-order chi connectivity index (χ0) is 20.4. The van der Waals surface area contributed by atoms with Crippen LogP contribution in [-0.4, -0.2) is 51.3 Å². The van der Waals surface area contributed by atoms with Crippen LogP contribution in [0.5, 0.6) is 0 Å². The van der Waals surface area contributed by atoms with E-state index in [2.05, 4.69) is 29.3 Å². The molecule has 5 nitrogen and oxygen atoms in total. The van der Waals surface area contributed by atoms with Crippen LogP contribution >= 0.6 is 11.6 Å². The molecule has 0 aliphatic carbocycles. The van der Waals surface area contributed by atoms with Gasteiger partial charge in [-0.15, -0.1) is 0 Å². The maximum atomic E-state index is 12.4. The van der Waals surface area contributed by atoms with Crippen molar-refractivity contribution in [2.24, 2.45) is 5.92 Å². The van der Waals surface area contributed by atoms with Crippen LogP contribution in [-0.2, 0) is 11.3 Å². The molecule has 0 radical (unpaired) electrons. The average Bonchev–Trinajstić information content (AvgIpc) is 3.07. The van der Waals surface area contributed by atoms with Crippen molar-refractivity contribution in [2.75, 3.05) is 26.2 Å². The van der Waals surface area contributed by atoms with Crippen LogP contribution in [0.2, 0.25) is 5.02 Å². The molecule has 4 rings (SSSR count). The van der Waals surface area contributed by atoms with Gasteiger partial charge in [0.2, 0.25) is 5.91 Å². The molecule has 1 fully saturated rings. The van der Waals surface area contributed by atoms with Gasteiger partial charge in [0.05, 0.1) is 11.4 Å². The minimum atomic E-state index is 0.274. The lowest BCUT2D eigenvalue weighted by Crippen LogP contribution is -2.48. The van der Waals surface area contributed by atoms with Crippen LogP contribution in [0.25, 0.3) is 16.9 Å². The topological polar surface area (TPSA) is 40.9 Å². The second-order valence-electron chi connectivity index (χ2n) is 8.10. The Labute approximate surface area is 176 Å². The maximum Gasteiger partial charge on any atom is 0.222 e. The highest BCUT2D eigenvalue weighted by molar-refractivity contribution is 6.30. The Kier molecular flexibility index (Phi) is 5.88. The predicted molar refractivity (Wildman–Crippen MR) is 117 cm³/mol. The van der Waals surface area contributed by atoms with E-state index in [1.54, 1.807) is 0 Å². The number of hydrogen-bond donors (Lipinski definition) is 0. The van der Waals surface area contributed by atoms with Crippen molar-refractivity contribution in [3.05, 3.63) is 59.4 Å². The van der Waals surface area contributed by atoms with Crippen LogP contribution in [0.15, 0.2) is 48.7 Å². The third kappa shape index (κ3) is 4.46. The number of carbonyl (C=O) groups is 1. The molecular weight excluding hydrogens is 384 g/mol. The third-order valence-electron chi connectivity index (χ3n) is 5.43. The van der Waals surface area contributed by atoms with E-state index in [0.29, 0.717) is 12.3 Å². The maximum absolute atomic E-state index is 12.4. The fourth-order valence-corrected chi connectivity index (χ4v) is 4.01. The van der Waals surface area contributed by atoms with E-state index < -0.39 is 0 Å². The minimum absolute atomic E-state index is 0.274. The Balaban J connectivity index is 1.54. The average molecular weight is 411 g/mol. The van der Waals surface area contributed by atoms with Gasteiger partial charge in [0.25, 0.3) is 0 Å². The molecule has 3 heterocycles. The minimum Gasteiger partial charge on any atom is -0.340 e. The number of imidazole rings is 1. The van der Waals surface area contributed by atoms with Crippen molar-refractivity contribution in [1.82, 2.24) is 19.2 Å². The zero-order valence-corrected chi connectivity index (χ0v) is 17.8. The number of fused-ring (bicyclic) bond motifs is 1. The molecule has 0 atom stereocenters. The fourth-order valence-electron chi connectivity index (χ4n) is 3.88. The summed E-state index contributed by atoms with van der Waals surface area (Å²) in [5.74, 6) is 0.678. The number of nitrogens with zero attached hydrogens (tertiary/aromatic N) is 4. The highest BCUT2D eigenvalue weighted by atomic mass is 35.5. The molecule has 29 heavy (non-hydrogen) atoms. The molecule has 0 N–H and O–H groups in total. The number of halogens is 1. The van der Waals surface area contributed by atoms with Crippen molar-refractivity contribution >= 4 is 23.2 Å². The van der Waals surface area contributed by atoms with E-state index >= 15 is 0 Å². The smallest absolute Gasteiger partial charge is 0.222 e. The summed E-state index contributed by atoms with van der Waals surface area (Å²) in [5.41, 5.74) is 4.17. The largest absolute Gasteiger partial charge is 0.340 e. The van der Waals surface area contributed by atoms with Crippen LogP contribution < -0.4 is 0 Å². The summed E-state index contributed by atoms with van der Waals surface area (Å²) in [6.45, 7) is 8.33. The molecule has 0 saturated carbocycles. The lowest BCUT2D eigenvalue weighted by atomic mass is 10.1. The van der Waals surface area contributed by atoms with Crippen LogP contribution in [0, 0.1) is 5.92 Å². The quantitative estimate of drug-likeness (QED) is 0.628. The Morgan fingerprint density at radius 3 is 2.48 bits per heavy atom. The number of rotatable bonds is 5. The number of amides is 1. The SMILES string of the molecule is CC(C)CC(=O)N1CCN(Cc2c(-c3ccc(Cl)cc3)nc3ccccn23)CC1. The van der Waals surface area contributed by atoms with E-state index in [9.17, 15) is 4.79 Å². The van der Waals surface area contributed by atoms with Crippen LogP contribution in [0.4, 0.5) is 0 Å². The Hall–Kier alpha value is -2.37. The predicted octanol–water partition coefficient (Wildman–Crippen LogP) is 4.35. The zero-order valence-electron chi connectivity index (χ0n) is 17.0. The standard InChI is InChI=1S/C23H27ClN4O/c1-17(2)15-22(29)27-13-11-26(12-14-27)16-20-23(18-6-8-19(24)9-7-18)25-21-5-3-4-10-28(20)21/h3-10,17H,11-16H2,1-2H3. The van der Waals surface area contributed by atoms with Crippen LogP contribution in [0.1, 0.15) is 26.0 Å². The van der Waals surface area contributed by atoms with Gasteiger partial charge < -0.3 is 9.30 Å². The summed E-state index contributed by atoms with van der Waals surface area (Å²) >= 11 is 6.08. The highest BCUT2D eigenvalue weighted by Gasteiger charge is 2.24. The van der Waals surface area contributed by atoms with Gasteiger partial charge in [0, 0.05) is 55.9 Å². The molecule has 2 aromatic heterocycles. The number of carbonyl (C=O) groups excluding carboxylic acids is 1. The molecule has 152 valence electrons. The summed E-state index contributed by atoms with van der Waals surface area (Å²) in [5, 5.41) is 0.723. The molecule has 1 aliphatic rings. The number of aromatic nitrogens is 2. The van der Waals surface area contributed by atoms with E-state index in [1.165, 1.54) is 5.69 Å². The van der Waals surface area contributed by atoms with E-state index in [1.807, 2.05) is 47.4 Å². The van der Waals surface area contributed by atoms with E-state index in [4.69, 9.17) is 16.6 Å². The molecule has 0 bridgehead atoms. The molecule has 1 amide bonds. The summed E-state index contributed by atoms with van der Waals surface area (Å²) in [4.78, 5) is 21.7. The van der Waals surface area contributed by atoms with E-state index in [-0.39, 0.29) is 5.91 Å². The Morgan fingerprint density at radius 2 is 1.79 bits per heavy atom. The van der Waals surface area contributed by atoms with E-state index in [0.717, 1.165) is 54.7 Å². The second-order valence-corrected chi connectivity index (χ2v) is 8.53. The Morgan fingerprint density at radius 1 is 1.07 bits per heavy atom. The Bertz CT molecular complexity index is 988. The highest BCUT2D eigenvalue weighted by Crippen LogP contribution is 2.27. The molecule has 1 saturated heterocycles. The van der Waals surface area contributed by atoms with Gasteiger partial charge in [-0.25, -0.2) is 4.98 Å². The molecule has 1 aromatic carbocycles. The summed E-state index contributed by atoms with van der Waals surface area (Å²) < 4.78 is 2.17. The third-order valence-corrected chi connectivity index (χ3v) is 5.68. The summed E-state index contributed by atoms with van der Waals surface area (Å²) in [6.07, 6.45) is 2.70. The molecule has 0 spiro atoms. The number of hydrogen-bond acceptors (Lipinski definition) is 3. The summed E-state index contributed by atoms with van der Waals surface area (Å²) in [7, 11) is 0. The van der Waals surface area contributed by atoms with Crippen molar-refractivity contribution in [3.8, 4) is 11.3 Å². The van der Waals surface area contributed by atoms with Crippen LogP contribution in [0.3, 0.4) is 0 Å². The number of benzene rings is 1. The van der Waals surface area contributed by atoms with Gasteiger partial charge in [-0.2, -0.15) is 0 Å². The summed E-state index contributed by atoms with van der Waals surface area (Å²) in [6, 6.07) is 13.9. The first-order chi connectivity index (χ1) is 14.0. The van der Waals surface area contributed by atoms with Crippen molar-refractivity contribution in [1.29, 1.82) is 0 Å². The lowest BCUT2D eigenvalue weighted by Gasteiger charge is -2.35. The molecular formula is C23H27ClN4O. The second kappa shape index (κ2) is 8.56. The first-order valence-electron chi connectivity index (χ1n) is 10.2. The lowest BCUT2D eigenvalue weighted by molar-refractivity contribution is -0.133. The number of piperazine rings is 1. The number of pyridine rings is 1. The first-order valence-corrected chi connectivity index (χ1v) is 10.6.